The molecule has 0 radical (unpaired) electrons. The molecule has 18 heavy (non-hydrogen) atoms. The Morgan fingerprint density at radius 2 is 2.06 bits per heavy atom. The van der Waals surface area contributed by atoms with E-state index in [2.05, 4.69) is 30.4 Å². The van der Waals surface area contributed by atoms with Gasteiger partial charge in [-0.2, -0.15) is 0 Å². The number of piperidine rings is 1. The molecule has 0 amide bonds. The zero-order valence-electron chi connectivity index (χ0n) is 10.9. The summed E-state index contributed by atoms with van der Waals surface area (Å²) in [5, 5.41) is 3.49. The number of rotatable bonds is 2. The Morgan fingerprint density at radius 1 is 1.22 bits per heavy atom. The van der Waals surface area contributed by atoms with Gasteiger partial charge < -0.3 is 14.8 Å². The molecule has 1 N–H and O–H groups in total. The van der Waals surface area contributed by atoms with Crippen molar-refractivity contribution < 1.29 is 9.47 Å². The van der Waals surface area contributed by atoms with E-state index in [9.17, 15) is 0 Å². The maximum absolute atomic E-state index is 5.66. The SMILES string of the molecule is CC(c1ccc2c(c1)OCCO2)C1CCCNC1. The third kappa shape index (κ3) is 2.32. The van der Waals surface area contributed by atoms with E-state index in [0.29, 0.717) is 19.1 Å². The highest BCUT2D eigenvalue weighted by Gasteiger charge is 2.22. The largest absolute Gasteiger partial charge is 0.486 e. The molecule has 2 aliphatic heterocycles. The van der Waals surface area contributed by atoms with Crippen molar-refractivity contribution in [2.75, 3.05) is 26.3 Å². The van der Waals surface area contributed by atoms with Gasteiger partial charge in [-0.05, 0) is 55.5 Å². The average molecular weight is 247 g/mol. The molecule has 0 spiro atoms. The molecular formula is C15H21NO2. The van der Waals surface area contributed by atoms with E-state index in [0.717, 1.165) is 24.0 Å². The fourth-order valence-electron chi connectivity index (χ4n) is 2.92. The minimum atomic E-state index is 0.577. The van der Waals surface area contributed by atoms with Crippen molar-refractivity contribution in [3.05, 3.63) is 23.8 Å². The molecule has 2 aliphatic rings. The first-order valence-corrected chi connectivity index (χ1v) is 6.95. The average Bonchev–Trinajstić information content (AvgIpc) is 2.47. The van der Waals surface area contributed by atoms with Gasteiger partial charge in [0.05, 0.1) is 0 Å². The quantitative estimate of drug-likeness (QED) is 0.871. The van der Waals surface area contributed by atoms with Crippen LogP contribution in [0.25, 0.3) is 0 Å². The minimum Gasteiger partial charge on any atom is -0.486 e. The van der Waals surface area contributed by atoms with Crippen LogP contribution in [0.2, 0.25) is 0 Å². The van der Waals surface area contributed by atoms with Gasteiger partial charge in [0, 0.05) is 0 Å². The monoisotopic (exact) mass is 247 g/mol. The van der Waals surface area contributed by atoms with Crippen LogP contribution in [0.15, 0.2) is 18.2 Å². The topological polar surface area (TPSA) is 30.5 Å². The standard InChI is InChI=1S/C15H21NO2/c1-11(13-3-2-6-16-10-13)12-4-5-14-15(9-12)18-8-7-17-14/h4-5,9,11,13,16H,2-3,6-8,10H2,1H3. The van der Waals surface area contributed by atoms with Gasteiger partial charge in [-0.1, -0.05) is 13.0 Å². The number of benzene rings is 1. The lowest BCUT2D eigenvalue weighted by Crippen LogP contribution is -2.32. The maximum atomic E-state index is 5.66. The van der Waals surface area contributed by atoms with E-state index in [1.54, 1.807) is 0 Å². The molecule has 2 unspecified atom stereocenters. The van der Waals surface area contributed by atoms with Gasteiger partial charge in [0.25, 0.3) is 0 Å². The predicted octanol–water partition coefficient (Wildman–Crippen LogP) is 2.56. The smallest absolute Gasteiger partial charge is 0.161 e. The van der Waals surface area contributed by atoms with Crippen molar-refractivity contribution >= 4 is 0 Å². The molecule has 1 fully saturated rings. The van der Waals surface area contributed by atoms with E-state index in [-0.39, 0.29) is 0 Å². The predicted molar refractivity (Wildman–Crippen MR) is 71.4 cm³/mol. The Kier molecular flexibility index (Phi) is 3.41. The van der Waals surface area contributed by atoms with Crippen LogP contribution >= 0.6 is 0 Å². The molecule has 3 rings (SSSR count). The second-order valence-electron chi connectivity index (χ2n) is 5.30. The summed E-state index contributed by atoms with van der Waals surface area (Å²) in [4.78, 5) is 0. The second-order valence-corrected chi connectivity index (χ2v) is 5.30. The van der Waals surface area contributed by atoms with E-state index in [1.165, 1.54) is 24.9 Å². The first kappa shape index (κ1) is 11.8. The van der Waals surface area contributed by atoms with Crippen molar-refractivity contribution in [1.29, 1.82) is 0 Å². The van der Waals surface area contributed by atoms with Gasteiger partial charge in [-0.25, -0.2) is 0 Å². The highest BCUT2D eigenvalue weighted by Crippen LogP contribution is 2.36. The van der Waals surface area contributed by atoms with Gasteiger partial charge in [-0.15, -0.1) is 0 Å². The van der Waals surface area contributed by atoms with Gasteiger partial charge >= 0.3 is 0 Å². The fourth-order valence-corrected chi connectivity index (χ4v) is 2.92. The van der Waals surface area contributed by atoms with Crippen LogP contribution in [0.3, 0.4) is 0 Å². The van der Waals surface area contributed by atoms with Gasteiger partial charge in [0.2, 0.25) is 0 Å². The summed E-state index contributed by atoms with van der Waals surface area (Å²) in [6, 6.07) is 6.40. The van der Waals surface area contributed by atoms with E-state index in [1.807, 2.05) is 0 Å². The molecule has 1 aromatic rings. The van der Waals surface area contributed by atoms with Crippen LogP contribution in [0.5, 0.6) is 11.5 Å². The molecule has 1 aromatic carbocycles. The fraction of sp³-hybridized carbons (Fsp3) is 0.600. The van der Waals surface area contributed by atoms with Crippen LogP contribution in [0.1, 0.15) is 31.2 Å². The summed E-state index contributed by atoms with van der Waals surface area (Å²) in [5.41, 5.74) is 1.37. The number of hydrogen-bond donors (Lipinski definition) is 1. The molecular weight excluding hydrogens is 226 g/mol. The van der Waals surface area contributed by atoms with Gasteiger partial charge in [-0.3, -0.25) is 0 Å². The van der Waals surface area contributed by atoms with Crippen molar-refractivity contribution in [1.82, 2.24) is 5.32 Å². The van der Waals surface area contributed by atoms with Gasteiger partial charge in [0.1, 0.15) is 13.2 Å². The highest BCUT2D eigenvalue weighted by atomic mass is 16.6. The first-order chi connectivity index (χ1) is 8.84. The molecule has 0 bridgehead atoms. The minimum absolute atomic E-state index is 0.577. The number of ether oxygens (including phenoxy) is 2. The highest BCUT2D eigenvalue weighted by molar-refractivity contribution is 5.44. The molecule has 2 atom stereocenters. The lowest BCUT2D eigenvalue weighted by molar-refractivity contribution is 0.171. The van der Waals surface area contributed by atoms with Crippen molar-refractivity contribution in [2.45, 2.75) is 25.7 Å². The Morgan fingerprint density at radius 3 is 2.83 bits per heavy atom. The zero-order valence-corrected chi connectivity index (χ0v) is 10.9. The molecule has 2 heterocycles. The van der Waals surface area contributed by atoms with E-state index >= 15 is 0 Å². The summed E-state index contributed by atoms with van der Waals surface area (Å²) < 4.78 is 11.2. The normalized spacial score (nSPS) is 24.6. The van der Waals surface area contributed by atoms with E-state index in [4.69, 9.17) is 9.47 Å². The maximum Gasteiger partial charge on any atom is 0.161 e. The third-order valence-corrected chi connectivity index (χ3v) is 4.13. The lowest BCUT2D eigenvalue weighted by atomic mass is 9.83. The molecule has 0 saturated carbocycles. The zero-order chi connectivity index (χ0) is 12.4. The van der Waals surface area contributed by atoms with Crippen LogP contribution in [0.4, 0.5) is 0 Å². The molecule has 0 aliphatic carbocycles. The van der Waals surface area contributed by atoms with Crippen molar-refractivity contribution in [2.24, 2.45) is 5.92 Å². The molecule has 1 saturated heterocycles. The Balaban J connectivity index is 1.78. The Hall–Kier alpha value is -1.22. The van der Waals surface area contributed by atoms with Crippen LogP contribution < -0.4 is 14.8 Å². The Bertz CT molecular complexity index is 413. The summed E-state index contributed by atoms with van der Waals surface area (Å²) in [5.74, 6) is 3.11. The summed E-state index contributed by atoms with van der Waals surface area (Å²) in [6.07, 6.45) is 2.61. The summed E-state index contributed by atoms with van der Waals surface area (Å²) >= 11 is 0. The van der Waals surface area contributed by atoms with E-state index < -0.39 is 0 Å². The second kappa shape index (κ2) is 5.19. The summed E-state index contributed by atoms with van der Waals surface area (Å²) in [6.45, 7) is 5.95. The molecule has 98 valence electrons. The van der Waals surface area contributed by atoms with Gasteiger partial charge in [0.15, 0.2) is 11.5 Å². The molecule has 3 heteroatoms. The van der Waals surface area contributed by atoms with Crippen LogP contribution in [-0.2, 0) is 0 Å². The molecule has 3 nitrogen and oxygen atoms in total. The van der Waals surface area contributed by atoms with Crippen LogP contribution in [-0.4, -0.2) is 26.3 Å². The number of hydrogen-bond acceptors (Lipinski definition) is 3. The number of fused-ring (bicyclic) bond motifs is 1. The van der Waals surface area contributed by atoms with Crippen molar-refractivity contribution in [3.8, 4) is 11.5 Å². The lowest BCUT2D eigenvalue weighted by Gasteiger charge is -2.29. The third-order valence-electron chi connectivity index (χ3n) is 4.13. The van der Waals surface area contributed by atoms with Crippen molar-refractivity contribution in [3.63, 3.8) is 0 Å². The summed E-state index contributed by atoms with van der Waals surface area (Å²) in [7, 11) is 0. The number of nitrogens with one attached hydrogen (secondary N) is 1. The first-order valence-electron chi connectivity index (χ1n) is 6.95. The Labute approximate surface area is 108 Å². The molecule has 0 aromatic heterocycles. The van der Waals surface area contributed by atoms with Crippen LogP contribution in [0, 0.1) is 5.92 Å².